The van der Waals surface area contributed by atoms with Gasteiger partial charge in [-0.15, -0.1) is 0 Å². The minimum Gasteiger partial charge on any atom is -0.463 e. The van der Waals surface area contributed by atoms with Gasteiger partial charge in [-0.25, -0.2) is 4.79 Å². The van der Waals surface area contributed by atoms with Crippen molar-refractivity contribution >= 4 is 17.8 Å². The van der Waals surface area contributed by atoms with Gasteiger partial charge in [-0.1, -0.05) is 40.7 Å². The van der Waals surface area contributed by atoms with Gasteiger partial charge in [0.05, 0.1) is 18.7 Å². The second kappa shape index (κ2) is 11.8. The molecule has 0 aliphatic carbocycles. The van der Waals surface area contributed by atoms with Crippen LogP contribution in [0.15, 0.2) is 11.6 Å². The van der Waals surface area contributed by atoms with E-state index in [0.717, 1.165) is 19.3 Å². The molecule has 1 fully saturated rings. The minimum atomic E-state index is -0.678. The van der Waals surface area contributed by atoms with E-state index >= 15 is 0 Å². The number of nitrogens with one attached hydrogen (secondary N) is 1. The third kappa shape index (κ3) is 7.32. The number of nitrogens with zero attached hydrogens (tertiary/aromatic N) is 2. The van der Waals surface area contributed by atoms with Crippen molar-refractivity contribution in [3.8, 4) is 0 Å². The lowest BCUT2D eigenvalue weighted by atomic mass is 9.84. The molecule has 0 aromatic carbocycles. The van der Waals surface area contributed by atoms with Crippen molar-refractivity contribution in [1.29, 1.82) is 0 Å². The van der Waals surface area contributed by atoms with Crippen molar-refractivity contribution in [3.05, 3.63) is 11.6 Å². The third-order valence-corrected chi connectivity index (χ3v) is 6.48. The number of amides is 2. The van der Waals surface area contributed by atoms with Gasteiger partial charge >= 0.3 is 5.97 Å². The van der Waals surface area contributed by atoms with Crippen LogP contribution in [0, 0.1) is 11.3 Å². The van der Waals surface area contributed by atoms with Gasteiger partial charge in [-0.3, -0.25) is 14.5 Å². The number of piperidine rings is 1. The summed E-state index contributed by atoms with van der Waals surface area (Å²) in [6, 6.07) is -0.866. The maximum Gasteiger partial charge on any atom is 0.333 e. The molecule has 1 saturated heterocycles. The van der Waals surface area contributed by atoms with Gasteiger partial charge in [0.15, 0.2) is 0 Å². The van der Waals surface area contributed by atoms with E-state index < -0.39 is 11.5 Å². The summed E-state index contributed by atoms with van der Waals surface area (Å²) < 4.78 is 5.09. The molecule has 4 atom stereocenters. The first-order chi connectivity index (χ1) is 14.7. The van der Waals surface area contributed by atoms with Gasteiger partial charge in [0, 0.05) is 18.7 Å². The van der Waals surface area contributed by atoms with Crippen molar-refractivity contribution < 1.29 is 19.1 Å². The molecule has 0 saturated carbocycles. The fourth-order valence-electron chi connectivity index (χ4n) is 4.20. The van der Waals surface area contributed by atoms with Crippen LogP contribution >= 0.6 is 0 Å². The molecule has 2 amide bonds. The number of hydrogen-bond acceptors (Lipinski definition) is 5. The summed E-state index contributed by atoms with van der Waals surface area (Å²) in [5.41, 5.74) is 0.000687. The van der Waals surface area contributed by atoms with Crippen LogP contribution in [-0.4, -0.2) is 72.5 Å². The van der Waals surface area contributed by atoms with Gasteiger partial charge in [0.25, 0.3) is 0 Å². The van der Waals surface area contributed by atoms with Crippen LogP contribution in [0.5, 0.6) is 0 Å². The molecule has 0 spiro atoms. The highest BCUT2D eigenvalue weighted by Gasteiger charge is 2.39. The van der Waals surface area contributed by atoms with Crippen LogP contribution in [-0.2, 0) is 19.1 Å². The average Bonchev–Trinajstić information content (AvgIpc) is 2.69. The molecule has 1 aliphatic rings. The van der Waals surface area contributed by atoms with Gasteiger partial charge in [-0.05, 0) is 58.4 Å². The van der Waals surface area contributed by atoms with E-state index in [2.05, 4.69) is 17.1 Å². The Morgan fingerprint density at radius 1 is 1.22 bits per heavy atom. The van der Waals surface area contributed by atoms with Crippen molar-refractivity contribution in [1.82, 2.24) is 15.1 Å². The zero-order valence-corrected chi connectivity index (χ0v) is 21.8. The molecular weight excluding hydrogens is 406 g/mol. The monoisotopic (exact) mass is 451 g/mol. The smallest absolute Gasteiger partial charge is 0.333 e. The Kier molecular flexibility index (Phi) is 10.4. The summed E-state index contributed by atoms with van der Waals surface area (Å²) in [7, 11) is 3.72. The predicted molar refractivity (Wildman–Crippen MR) is 128 cm³/mol. The Morgan fingerprint density at radius 3 is 2.31 bits per heavy atom. The maximum atomic E-state index is 13.6. The Balaban J connectivity index is 3.12. The lowest BCUT2D eigenvalue weighted by Gasteiger charge is -2.40. The maximum absolute atomic E-state index is 13.6. The molecular formula is C25H45N3O4. The second-order valence-electron chi connectivity index (χ2n) is 10.5. The number of carbonyl (C=O) groups excluding carboxylic acids is 3. The van der Waals surface area contributed by atoms with Crippen LogP contribution in [0.1, 0.15) is 74.7 Å². The summed E-state index contributed by atoms with van der Waals surface area (Å²) in [6.45, 7) is 15.8. The number of likely N-dealkylation sites (N-methyl/N-ethyl adjacent to an activating group) is 2. The highest BCUT2D eigenvalue weighted by molar-refractivity contribution is 5.91. The van der Waals surface area contributed by atoms with Crippen LogP contribution in [0.4, 0.5) is 0 Å². The molecule has 1 rings (SSSR count). The van der Waals surface area contributed by atoms with E-state index in [1.165, 1.54) is 0 Å². The van der Waals surface area contributed by atoms with Crippen molar-refractivity contribution in [2.45, 2.75) is 98.8 Å². The van der Waals surface area contributed by atoms with E-state index in [0.29, 0.717) is 18.2 Å². The Labute approximate surface area is 194 Å². The quantitative estimate of drug-likeness (QED) is 0.452. The largest absolute Gasteiger partial charge is 0.463 e. The predicted octanol–water partition coefficient (Wildman–Crippen LogP) is 3.38. The van der Waals surface area contributed by atoms with Gasteiger partial charge in [-0.2, -0.15) is 0 Å². The summed E-state index contributed by atoms with van der Waals surface area (Å²) in [6.07, 6.45) is 4.67. The molecule has 2 unspecified atom stereocenters. The average molecular weight is 452 g/mol. The lowest BCUT2D eigenvalue weighted by Crippen LogP contribution is -2.60. The summed E-state index contributed by atoms with van der Waals surface area (Å²) >= 11 is 0. The number of ether oxygens (including phenoxy) is 1. The summed E-state index contributed by atoms with van der Waals surface area (Å²) in [5.74, 6) is -0.562. The topological polar surface area (TPSA) is 79.0 Å². The van der Waals surface area contributed by atoms with Crippen molar-refractivity contribution in [3.63, 3.8) is 0 Å². The SMILES string of the molecule is CCOC(=O)C(C)=C[C@H](C(C)C)N(C)C(=O)[C@@H](NC(=O)C1CCCC(C)N1C)C(C)(C)C. The molecule has 7 nitrogen and oxygen atoms in total. The number of likely N-dealkylation sites (tertiary alicyclic amines) is 1. The normalized spacial score (nSPS) is 22.3. The van der Waals surface area contributed by atoms with Crippen molar-refractivity contribution in [2.75, 3.05) is 20.7 Å². The number of carbonyl (C=O) groups is 3. The van der Waals surface area contributed by atoms with Gasteiger partial charge in [0.2, 0.25) is 11.8 Å². The third-order valence-electron chi connectivity index (χ3n) is 6.48. The lowest BCUT2D eigenvalue weighted by molar-refractivity contribution is -0.142. The molecule has 0 aromatic heterocycles. The van der Waals surface area contributed by atoms with E-state index in [1.807, 2.05) is 41.7 Å². The van der Waals surface area contributed by atoms with E-state index in [1.54, 1.807) is 31.9 Å². The first kappa shape index (κ1) is 28.1. The summed E-state index contributed by atoms with van der Waals surface area (Å²) in [4.78, 5) is 42.7. The fourth-order valence-corrected chi connectivity index (χ4v) is 4.20. The van der Waals surface area contributed by atoms with Crippen molar-refractivity contribution in [2.24, 2.45) is 11.3 Å². The molecule has 0 aromatic rings. The molecule has 1 aliphatic heterocycles. The van der Waals surface area contributed by atoms with E-state index in [-0.39, 0.29) is 35.8 Å². The minimum absolute atomic E-state index is 0.0787. The highest BCUT2D eigenvalue weighted by atomic mass is 16.5. The number of hydrogen-bond donors (Lipinski definition) is 1. The standard InChI is InChI=1S/C25H45N3O4/c1-11-32-24(31)17(4)15-20(16(2)3)28(10)23(30)21(25(6,7)8)26-22(29)19-14-12-13-18(5)27(19)9/h15-16,18-21H,11-14H2,1-10H3,(H,26,29)/t18?,19?,20-,21-/m1/s1. The first-order valence-electron chi connectivity index (χ1n) is 11.9. The molecule has 184 valence electrons. The second-order valence-corrected chi connectivity index (χ2v) is 10.5. The molecule has 0 radical (unpaired) electrons. The van der Waals surface area contributed by atoms with Crippen LogP contribution in [0.2, 0.25) is 0 Å². The Morgan fingerprint density at radius 2 is 1.81 bits per heavy atom. The Hall–Kier alpha value is -1.89. The first-order valence-corrected chi connectivity index (χ1v) is 11.9. The molecule has 32 heavy (non-hydrogen) atoms. The number of esters is 1. The van der Waals surface area contributed by atoms with Crippen LogP contribution in [0.3, 0.4) is 0 Å². The zero-order valence-electron chi connectivity index (χ0n) is 21.8. The molecule has 0 bridgehead atoms. The highest BCUT2D eigenvalue weighted by Crippen LogP contribution is 2.26. The van der Waals surface area contributed by atoms with E-state index in [9.17, 15) is 14.4 Å². The molecule has 1 heterocycles. The molecule has 7 heteroatoms. The van der Waals surface area contributed by atoms with Crippen LogP contribution in [0.25, 0.3) is 0 Å². The molecule has 1 N–H and O–H groups in total. The summed E-state index contributed by atoms with van der Waals surface area (Å²) in [5, 5.41) is 3.06. The van der Waals surface area contributed by atoms with E-state index in [4.69, 9.17) is 4.74 Å². The number of rotatable bonds is 8. The fraction of sp³-hybridized carbons (Fsp3) is 0.800. The Bertz CT molecular complexity index is 696. The van der Waals surface area contributed by atoms with Crippen LogP contribution < -0.4 is 5.32 Å². The van der Waals surface area contributed by atoms with Gasteiger partial charge < -0.3 is 15.0 Å². The van der Waals surface area contributed by atoms with Gasteiger partial charge in [0.1, 0.15) is 6.04 Å². The zero-order chi connectivity index (χ0) is 24.8.